The van der Waals surface area contributed by atoms with Gasteiger partial charge in [0.1, 0.15) is 11.6 Å². The van der Waals surface area contributed by atoms with E-state index in [0.29, 0.717) is 17.2 Å². The lowest BCUT2D eigenvalue weighted by Gasteiger charge is -2.10. The molecule has 6 heteroatoms. The number of para-hydroxylation sites is 1. The molecule has 0 atom stereocenters. The summed E-state index contributed by atoms with van der Waals surface area (Å²) >= 11 is 0. The maximum atomic E-state index is 12.6. The molecule has 0 bridgehead atoms. The predicted octanol–water partition coefficient (Wildman–Crippen LogP) is 3.85. The number of anilines is 1. The average molecular weight is 353 g/mol. The molecule has 1 N–H and O–H groups in total. The number of fused-ring (bicyclic) bond motifs is 1. The van der Waals surface area contributed by atoms with Gasteiger partial charge in [-0.05, 0) is 37.3 Å². The number of nitrogens with zero attached hydrogens (tertiary/aromatic N) is 4. The lowest BCUT2D eigenvalue weighted by Crippen LogP contribution is -2.16. The van der Waals surface area contributed by atoms with Crippen molar-refractivity contribution in [3.05, 3.63) is 83.6 Å². The third kappa shape index (κ3) is 3.14. The number of hydrogen-bond acceptors (Lipinski definition) is 4. The van der Waals surface area contributed by atoms with Crippen LogP contribution in [0.1, 0.15) is 21.5 Å². The van der Waals surface area contributed by atoms with Gasteiger partial charge < -0.3 is 5.32 Å². The molecule has 27 heavy (non-hydrogen) atoms. The number of pyridine rings is 1. The van der Waals surface area contributed by atoms with Crippen molar-refractivity contribution in [3.63, 3.8) is 0 Å². The van der Waals surface area contributed by atoms with Crippen LogP contribution in [-0.4, -0.2) is 20.7 Å². The Morgan fingerprint density at radius 3 is 2.63 bits per heavy atom. The first-order valence-electron chi connectivity index (χ1n) is 8.38. The Hall–Kier alpha value is -3.98. The van der Waals surface area contributed by atoms with Crippen molar-refractivity contribution >= 4 is 22.6 Å². The topological polar surface area (TPSA) is 83.6 Å². The molecule has 0 saturated carbocycles. The van der Waals surface area contributed by atoms with Gasteiger partial charge in [-0.25, -0.2) is 4.98 Å². The summed E-state index contributed by atoms with van der Waals surface area (Å²) in [6.45, 7) is 1.95. The largest absolute Gasteiger partial charge is 0.305 e. The number of aryl methyl sites for hydroxylation is 1. The molecule has 2 heterocycles. The van der Waals surface area contributed by atoms with Crippen LogP contribution in [0, 0.1) is 18.3 Å². The minimum atomic E-state index is -0.311. The number of nitriles is 1. The number of nitrogens with one attached hydrogen (secondary N) is 1. The second-order valence-electron chi connectivity index (χ2n) is 6.11. The van der Waals surface area contributed by atoms with Crippen LogP contribution in [0.2, 0.25) is 0 Å². The van der Waals surface area contributed by atoms with E-state index in [1.54, 1.807) is 18.2 Å². The van der Waals surface area contributed by atoms with Crippen molar-refractivity contribution in [1.82, 2.24) is 14.8 Å². The Balaban J connectivity index is 1.74. The zero-order valence-corrected chi connectivity index (χ0v) is 14.5. The van der Waals surface area contributed by atoms with E-state index in [-0.39, 0.29) is 11.5 Å². The molecule has 0 aliphatic carbocycles. The van der Waals surface area contributed by atoms with Gasteiger partial charge in [-0.1, -0.05) is 35.9 Å². The molecule has 0 unspecified atom stereocenters. The number of benzene rings is 2. The fraction of sp³-hybridized carbons (Fsp3) is 0.0476. The first kappa shape index (κ1) is 16.5. The van der Waals surface area contributed by atoms with Gasteiger partial charge in [-0.15, -0.1) is 0 Å². The summed E-state index contributed by atoms with van der Waals surface area (Å²) in [5.41, 5.74) is 2.64. The fourth-order valence-electron chi connectivity index (χ4n) is 2.78. The summed E-state index contributed by atoms with van der Waals surface area (Å²) in [5.74, 6) is 0.509. The molecule has 1 amide bonds. The second-order valence-corrected chi connectivity index (χ2v) is 6.11. The summed E-state index contributed by atoms with van der Waals surface area (Å²) in [7, 11) is 0. The van der Waals surface area contributed by atoms with E-state index >= 15 is 0 Å². The zero-order chi connectivity index (χ0) is 18.8. The van der Waals surface area contributed by atoms with Crippen LogP contribution < -0.4 is 5.32 Å². The van der Waals surface area contributed by atoms with Crippen LogP contribution >= 0.6 is 0 Å². The van der Waals surface area contributed by atoms with Crippen molar-refractivity contribution in [3.8, 4) is 11.9 Å². The number of hydrogen-bond donors (Lipinski definition) is 1. The highest BCUT2D eigenvalue weighted by molar-refractivity contribution is 6.04. The maximum Gasteiger partial charge on any atom is 0.256 e. The van der Waals surface area contributed by atoms with Crippen molar-refractivity contribution < 1.29 is 4.79 Å². The summed E-state index contributed by atoms with van der Waals surface area (Å²) in [6.07, 6.45) is 1.42. The van der Waals surface area contributed by atoms with Gasteiger partial charge in [-0.3, -0.25) is 4.79 Å². The first-order valence-corrected chi connectivity index (χ1v) is 8.38. The lowest BCUT2D eigenvalue weighted by molar-refractivity contribution is 0.102. The Morgan fingerprint density at radius 1 is 1.07 bits per heavy atom. The SMILES string of the molecule is Cc1ccc(C(=O)Nc2c(C#N)cnn2-c2ccc3ccccc3n2)cc1. The molecule has 4 rings (SSSR count). The van der Waals surface area contributed by atoms with E-state index in [1.165, 1.54) is 10.9 Å². The lowest BCUT2D eigenvalue weighted by atomic mass is 10.1. The number of aromatic nitrogens is 3. The quantitative estimate of drug-likeness (QED) is 0.606. The normalized spacial score (nSPS) is 10.5. The first-order chi connectivity index (χ1) is 13.2. The maximum absolute atomic E-state index is 12.6. The number of amides is 1. The number of carbonyl (C=O) groups excluding carboxylic acids is 1. The molecule has 0 radical (unpaired) electrons. The molecule has 0 aliphatic heterocycles. The third-order valence-electron chi connectivity index (χ3n) is 4.24. The van der Waals surface area contributed by atoms with E-state index in [9.17, 15) is 10.1 Å². The monoisotopic (exact) mass is 353 g/mol. The molecule has 2 aromatic heterocycles. The summed E-state index contributed by atoms with van der Waals surface area (Å²) in [5, 5.41) is 17.4. The van der Waals surface area contributed by atoms with Gasteiger partial charge in [0.15, 0.2) is 11.6 Å². The van der Waals surface area contributed by atoms with Crippen molar-refractivity contribution in [2.45, 2.75) is 6.92 Å². The molecule has 0 saturated heterocycles. The molecule has 4 aromatic rings. The summed E-state index contributed by atoms with van der Waals surface area (Å²) < 4.78 is 1.47. The van der Waals surface area contributed by atoms with Crippen LogP contribution in [0.5, 0.6) is 0 Å². The summed E-state index contributed by atoms with van der Waals surface area (Å²) in [4.78, 5) is 17.2. The van der Waals surface area contributed by atoms with E-state index in [0.717, 1.165) is 16.5 Å². The van der Waals surface area contributed by atoms with Crippen molar-refractivity contribution in [1.29, 1.82) is 5.26 Å². The highest BCUT2D eigenvalue weighted by Gasteiger charge is 2.17. The van der Waals surface area contributed by atoms with Crippen molar-refractivity contribution in [2.75, 3.05) is 5.32 Å². The van der Waals surface area contributed by atoms with E-state index in [1.807, 2.05) is 49.4 Å². The highest BCUT2D eigenvalue weighted by atomic mass is 16.1. The molecule has 0 fully saturated rings. The summed E-state index contributed by atoms with van der Waals surface area (Å²) in [6, 6.07) is 20.7. The van der Waals surface area contributed by atoms with Crippen LogP contribution in [-0.2, 0) is 0 Å². The second kappa shape index (κ2) is 6.73. The Bertz CT molecular complexity index is 1190. The van der Waals surface area contributed by atoms with E-state index < -0.39 is 0 Å². The molecule has 0 spiro atoms. The minimum Gasteiger partial charge on any atom is -0.305 e. The van der Waals surface area contributed by atoms with Gasteiger partial charge in [0, 0.05) is 10.9 Å². The smallest absolute Gasteiger partial charge is 0.256 e. The number of carbonyl (C=O) groups is 1. The van der Waals surface area contributed by atoms with Crippen LogP contribution in [0.25, 0.3) is 16.7 Å². The van der Waals surface area contributed by atoms with Gasteiger partial charge in [0.2, 0.25) is 0 Å². The highest BCUT2D eigenvalue weighted by Crippen LogP contribution is 2.21. The number of rotatable bonds is 3. The standard InChI is InChI=1S/C21H15N5O/c1-14-6-8-16(9-7-14)21(27)25-20-17(12-22)13-23-26(20)19-11-10-15-4-2-3-5-18(15)24-19/h2-11,13H,1H3,(H,25,27). The molecular weight excluding hydrogens is 338 g/mol. The molecule has 2 aromatic carbocycles. The molecule has 130 valence electrons. The Labute approximate surface area is 155 Å². The van der Waals surface area contributed by atoms with Crippen molar-refractivity contribution in [2.24, 2.45) is 0 Å². The molecule has 6 nitrogen and oxygen atoms in total. The fourth-order valence-corrected chi connectivity index (χ4v) is 2.78. The zero-order valence-electron chi connectivity index (χ0n) is 14.5. The van der Waals surface area contributed by atoms with Gasteiger partial charge in [-0.2, -0.15) is 15.0 Å². The van der Waals surface area contributed by atoms with Gasteiger partial charge >= 0.3 is 0 Å². The van der Waals surface area contributed by atoms with Crippen LogP contribution in [0.15, 0.2) is 66.9 Å². The van der Waals surface area contributed by atoms with Gasteiger partial charge in [0.05, 0.1) is 11.7 Å². The minimum absolute atomic E-state index is 0.269. The third-order valence-corrected chi connectivity index (χ3v) is 4.24. The van der Waals surface area contributed by atoms with E-state index in [4.69, 9.17) is 0 Å². The Morgan fingerprint density at radius 2 is 1.85 bits per heavy atom. The molecule has 0 aliphatic rings. The van der Waals surface area contributed by atoms with Crippen LogP contribution in [0.4, 0.5) is 5.82 Å². The predicted molar refractivity (Wildman–Crippen MR) is 103 cm³/mol. The molecular formula is C21H15N5O. The average Bonchev–Trinajstić information content (AvgIpc) is 3.10. The van der Waals surface area contributed by atoms with Gasteiger partial charge in [0.25, 0.3) is 5.91 Å². The van der Waals surface area contributed by atoms with Crippen LogP contribution in [0.3, 0.4) is 0 Å². The Kier molecular flexibility index (Phi) is 4.11. The van der Waals surface area contributed by atoms with E-state index in [2.05, 4.69) is 21.5 Å².